The molecule has 4 nitrogen and oxygen atoms in total. The quantitative estimate of drug-likeness (QED) is 0.173. The van der Waals surface area contributed by atoms with Gasteiger partial charge in [0, 0.05) is 27.8 Å². The molecule has 2 heterocycles. The number of benzene rings is 7. The fourth-order valence-electron chi connectivity index (χ4n) is 7.40. The van der Waals surface area contributed by atoms with Gasteiger partial charge in [-0.15, -0.1) is 0 Å². The van der Waals surface area contributed by atoms with Crippen LogP contribution in [0.2, 0.25) is 0 Å². The van der Waals surface area contributed by atoms with Gasteiger partial charge in [-0.1, -0.05) is 140 Å². The maximum Gasteiger partial charge on any atom is 0.164 e. The fraction of sp³-hybridized carbons (Fsp3) is 0.0426. The van der Waals surface area contributed by atoms with Crippen molar-refractivity contribution in [2.24, 2.45) is 0 Å². The first-order valence-corrected chi connectivity index (χ1v) is 17.4. The molecule has 0 N–H and O–H groups in total. The Balaban J connectivity index is 1.14. The van der Waals surface area contributed by atoms with Gasteiger partial charge in [-0.05, 0) is 80.6 Å². The van der Waals surface area contributed by atoms with Crippen molar-refractivity contribution in [3.8, 4) is 45.0 Å². The molecule has 0 fully saturated rings. The van der Waals surface area contributed by atoms with Gasteiger partial charge in [-0.2, -0.15) is 0 Å². The molecular formula is C47H31N3O. The molecule has 51 heavy (non-hydrogen) atoms. The van der Waals surface area contributed by atoms with E-state index in [-0.39, 0.29) is 5.92 Å². The molecule has 0 amide bonds. The first-order chi connectivity index (χ1) is 25.2. The number of fused-ring (bicyclic) bond motifs is 6. The van der Waals surface area contributed by atoms with Crippen LogP contribution in [0.15, 0.2) is 174 Å². The minimum atomic E-state index is 0.0823. The van der Waals surface area contributed by atoms with E-state index in [4.69, 9.17) is 19.4 Å². The molecule has 0 bridgehead atoms. The Kier molecular flexibility index (Phi) is 6.91. The first kappa shape index (κ1) is 29.3. The van der Waals surface area contributed by atoms with Crippen LogP contribution in [0.4, 0.5) is 0 Å². The molecule has 0 saturated carbocycles. The highest BCUT2D eigenvalue weighted by atomic mass is 16.3. The Morgan fingerprint density at radius 2 is 1.10 bits per heavy atom. The fourth-order valence-corrected chi connectivity index (χ4v) is 7.40. The van der Waals surface area contributed by atoms with E-state index in [1.165, 1.54) is 32.7 Å². The second-order valence-electron chi connectivity index (χ2n) is 13.2. The van der Waals surface area contributed by atoms with E-state index >= 15 is 0 Å². The van der Waals surface area contributed by atoms with Crippen LogP contribution in [0.1, 0.15) is 18.2 Å². The third-order valence-corrected chi connectivity index (χ3v) is 10.0. The second kappa shape index (κ2) is 12.0. The Morgan fingerprint density at radius 3 is 1.80 bits per heavy atom. The van der Waals surface area contributed by atoms with E-state index in [0.717, 1.165) is 56.4 Å². The molecule has 10 rings (SSSR count). The highest BCUT2D eigenvalue weighted by Crippen LogP contribution is 2.39. The van der Waals surface area contributed by atoms with Gasteiger partial charge in [-0.25, -0.2) is 15.0 Å². The van der Waals surface area contributed by atoms with Crippen LogP contribution in [-0.4, -0.2) is 15.0 Å². The Bertz CT molecular complexity index is 2830. The summed E-state index contributed by atoms with van der Waals surface area (Å²) in [5.74, 6) is 2.16. The molecule has 1 unspecified atom stereocenters. The van der Waals surface area contributed by atoms with Crippen molar-refractivity contribution in [2.45, 2.75) is 12.3 Å². The van der Waals surface area contributed by atoms with Crippen LogP contribution in [0.3, 0.4) is 0 Å². The summed E-state index contributed by atoms with van der Waals surface area (Å²) in [6.07, 6.45) is 9.34. The number of hydrogen-bond donors (Lipinski definition) is 0. The molecule has 0 saturated heterocycles. The number of rotatable bonds is 5. The van der Waals surface area contributed by atoms with E-state index in [2.05, 4.69) is 140 Å². The molecule has 240 valence electrons. The smallest absolute Gasteiger partial charge is 0.164 e. The summed E-state index contributed by atoms with van der Waals surface area (Å²) in [4.78, 5) is 15.2. The Labute approximate surface area is 295 Å². The zero-order chi connectivity index (χ0) is 33.7. The predicted octanol–water partition coefficient (Wildman–Crippen LogP) is 12.3. The van der Waals surface area contributed by atoms with E-state index < -0.39 is 0 Å². The predicted molar refractivity (Wildman–Crippen MR) is 209 cm³/mol. The highest BCUT2D eigenvalue weighted by Gasteiger charge is 2.20. The van der Waals surface area contributed by atoms with Crippen molar-refractivity contribution in [3.05, 3.63) is 176 Å². The standard InChI is InChI=1S/C47H31N3O/c1-4-11-30(12-5-1)35-23-21-31-19-20-32-22-24-36(28-40(32)39(31)27-35)37-25-26-42-41(29-37)44-38(17-10-18-43(44)51-42)47-49-45(33-13-6-2-7-14-33)48-46(50-47)34-15-8-3-9-16-34/h1-15,17-29,34H,16H2. The average molecular weight is 654 g/mol. The molecule has 1 aliphatic carbocycles. The van der Waals surface area contributed by atoms with Crippen LogP contribution in [-0.2, 0) is 0 Å². The van der Waals surface area contributed by atoms with Gasteiger partial charge in [0.15, 0.2) is 11.6 Å². The average Bonchev–Trinajstić information content (AvgIpc) is 3.59. The number of hydrogen-bond acceptors (Lipinski definition) is 4. The zero-order valence-electron chi connectivity index (χ0n) is 27.7. The minimum Gasteiger partial charge on any atom is -0.456 e. The van der Waals surface area contributed by atoms with Crippen molar-refractivity contribution < 1.29 is 4.42 Å². The molecule has 1 aliphatic rings. The maximum atomic E-state index is 6.46. The summed E-state index contributed by atoms with van der Waals surface area (Å²) in [7, 11) is 0. The first-order valence-electron chi connectivity index (χ1n) is 17.4. The summed E-state index contributed by atoms with van der Waals surface area (Å²) in [5.41, 5.74) is 8.24. The maximum absolute atomic E-state index is 6.46. The van der Waals surface area contributed by atoms with Crippen molar-refractivity contribution >= 4 is 43.5 Å². The van der Waals surface area contributed by atoms with E-state index in [9.17, 15) is 0 Å². The van der Waals surface area contributed by atoms with Gasteiger partial charge in [0.2, 0.25) is 0 Å². The minimum absolute atomic E-state index is 0.0823. The molecule has 9 aromatic rings. The van der Waals surface area contributed by atoms with Crippen LogP contribution < -0.4 is 0 Å². The second-order valence-corrected chi connectivity index (χ2v) is 13.2. The normalized spacial score (nSPS) is 14.2. The monoisotopic (exact) mass is 653 g/mol. The van der Waals surface area contributed by atoms with Crippen LogP contribution in [0.25, 0.3) is 88.5 Å². The summed E-state index contributed by atoms with van der Waals surface area (Å²) in [5, 5.41) is 6.97. The number of allylic oxidation sites excluding steroid dienone is 4. The lowest BCUT2D eigenvalue weighted by molar-refractivity contribution is 0.669. The number of furan rings is 1. The van der Waals surface area contributed by atoms with Gasteiger partial charge in [0.05, 0.1) is 0 Å². The molecule has 1 atom stereocenters. The lowest BCUT2D eigenvalue weighted by Crippen LogP contribution is -2.07. The molecule has 0 radical (unpaired) electrons. The molecule has 0 spiro atoms. The Hall–Kier alpha value is -6.65. The molecule has 4 heteroatoms. The molecular weight excluding hydrogens is 623 g/mol. The summed E-state index contributed by atoms with van der Waals surface area (Å²) >= 11 is 0. The van der Waals surface area contributed by atoms with Gasteiger partial charge < -0.3 is 4.42 Å². The number of nitrogens with zero attached hydrogens (tertiary/aromatic N) is 3. The van der Waals surface area contributed by atoms with E-state index in [0.29, 0.717) is 11.6 Å². The van der Waals surface area contributed by atoms with Crippen LogP contribution in [0, 0.1) is 0 Å². The zero-order valence-corrected chi connectivity index (χ0v) is 27.7. The van der Waals surface area contributed by atoms with Crippen molar-refractivity contribution in [1.29, 1.82) is 0 Å². The summed E-state index contributed by atoms with van der Waals surface area (Å²) in [6.45, 7) is 0. The summed E-state index contributed by atoms with van der Waals surface area (Å²) < 4.78 is 6.46. The molecule has 0 aliphatic heterocycles. The topological polar surface area (TPSA) is 51.8 Å². The van der Waals surface area contributed by atoms with Gasteiger partial charge >= 0.3 is 0 Å². The van der Waals surface area contributed by atoms with Gasteiger partial charge in [0.25, 0.3) is 0 Å². The van der Waals surface area contributed by atoms with Crippen molar-refractivity contribution in [1.82, 2.24) is 15.0 Å². The molecule has 2 aromatic heterocycles. The van der Waals surface area contributed by atoms with E-state index in [1.54, 1.807) is 0 Å². The Morgan fingerprint density at radius 1 is 0.471 bits per heavy atom. The third-order valence-electron chi connectivity index (χ3n) is 10.0. The van der Waals surface area contributed by atoms with Gasteiger partial charge in [-0.3, -0.25) is 0 Å². The van der Waals surface area contributed by atoms with E-state index in [1.807, 2.05) is 30.3 Å². The third kappa shape index (κ3) is 5.20. The lowest BCUT2D eigenvalue weighted by Gasteiger charge is -2.14. The highest BCUT2D eigenvalue weighted by molar-refractivity contribution is 6.13. The van der Waals surface area contributed by atoms with Crippen LogP contribution >= 0.6 is 0 Å². The lowest BCUT2D eigenvalue weighted by atomic mass is 9.94. The van der Waals surface area contributed by atoms with Crippen molar-refractivity contribution in [3.63, 3.8) is 0 Å². The molecule has 7 aromatic carbocycles. The SMILES string of the molecule is C1=CCC(c2nc(-c3ccccc3)nc(-c3cccc4oc5ccc(-c6ccc7ccc8ccc(-c9ccccc9)cc8c7c6)cc5c34)n2)C=C1. The van der Waals surface area contributed by atoms with Gasteiger partial charge in [0.1, 0.15) is 17.0 Å². The van der Waals surface area contributed by atoms with Crippen LogP contribution in [0.5, 0.6) is 0 Å². The number of aromatic nitrogens is 3. The largest absolute Gasteiger partial charge is 0.456 e. The summed E-state index contributed by atoms with van der Waals surface area (Å²) in [6, 6.07) is 51.3. The van der Waals surface area contributed by atoms with Crippen molar-refractivity contribution in [2.75, 3.05) is 0 Å².